The van der Waals surface area contributed by atoms with Crippen LogP contribution < -0.4 is 16.0 Å². The van der Waals surface area contributed by atoms with Gasteiger partial charge in [0, 0.05) is 19.2 Å². The molecule has 0 aliphatic heterocycles. The molecule has 146 valence electrons. The van der Waals surface area contributed by atoms with Crippen molar-refractivity contribution in [3.05, 3.63) is 55.6 Å². The van der Waals surface area contributed by atoms with Gasteiger partial charge in [-0.15, -0.1) is 0 Å². The minimum Gasteiger partial charge on any atom is -0.480 e. The van der Waals surface area contributed by atoms with Gasteiger partial charge in [-0.25, -0.2) is 13.8 Å². The Balaban J connectivity index is 2.73. The van der Waals surface area contributed by atoms with Gasteiger partial charge in [-0.05, 0) is 24.6 Å². The molecule has 0 unspecified atom stereocenters. The average molecular weight is 429 g/mol. The molecular formula is C15H10Cl2F4N2O4. The Morgan fingerprint density at radius 2 is 1.81 bits per heavy atom. The highest BCUT2D eigenvalue weighted by molar-refractivity contribution is 6.64. The number of aromatic nitrogens is 2. The molecule has 27 heavy (non-hydrogen) atoms. The van der Waals surface area contributed by atoms with E-state index in [-0.39, 0.29) is 26.0 Å². The van der Waals surface area contributed by atoms with Gasteiger partial charge in [-0.2, -0.15) is 13.2 Å². The molecule has 0 bridgehead atoms. The van der Waals surface area contributed by atoms with E-state index >= 15 is 0 Å². The molecule has 1 aromatic carbocycles. The quantitative estimate of drug-likeness (QED) is 0.554. The van der Waals surface area contributed by atoms with Gasteiger partial charge in [0.05, 0.1) is 10.7 Å². The van der Waals surface area contributed by atoms with Crippen LogP contribution in [0.15, 0.2) is 27.8 Å². The third kappa shape index (κ3) is 4.16. The van der Waals surface area contributed by atoms with Gasteiger partial charge < -0.3 is 4.74 Å². The van der Waals surface area contributed by atoms with Gasteiger partial charge in [-0.3, -0.25) is 14.2 Å². The van der Waals surface area contributed by atoms with Crippen molar-refractivity contribution < 1.29 is 27.1 Å². The van der Waals surface area contributed by atoms with Crippen molar-refractivity contribution in [3.8, 4) is 11.4 Å². The zero-order chi connectivity index (χ0) is 20.7. The molecule has 2 aromatic rings. The van der Waals surface area contributed by atoms with Gasteiger partial charge in [0.2, 0.25) is 0 Å². The van der Waals surface area contributed by atoms with E-state index < -0.39 is 46.0 Å². The molecular weight excluding hydrogens is 419 g/mol. The summed E-state index contributed by atoms with van der Waals surface area (Å²) in [6, 6.07) is 1.64. The molecule has 0 amide bonds. The molecule has 0 aliphatic carbocycles. The minimum absolute atomic E-state index is 0.154. The fourth-order valence-corrected chi connectivity index (χ4v) is 2.38. The van der Waals surface area contributed by atoms with E-state index in [9.17, 15) is 31.9 Å². The number of alkyl halides is 3. The second-order valence-corrected chi connectivity index (χ2v) is 6.12. The predicted molar refractivity (Wildman–Crippen MR) is 88.2 cm³/mol. The Labute approximate surface area is 158 Å². The van der Waals surface area contributed by atoms with Crippen LogP contribution in [0.2, 0.25) is 5.02 Å². The normalized spacial score (nSPS) is 12.7. The van der Waals surface area contributed by atoms with Crippen LogP contribution in [0, 0.1) is 5.82 Å². The maximum Gasteiger partial charge on any atom is 0.431 e. The Bertz CT molecular complexity index is 1030. The summed E-state index contributed by atoms with van der Waals surface area (Å²) in [5.74, 6) is -1.47. The molecule has 0 aliphatic rings. The van der Waals surface area contributed by atoms with E-state index in [0.717, 1.165) is 13.1 Å². The lowest BCUT2D eigenvalue weighted by molar-refractivity contribution is -0.144. The molecule has 0 saturated heterocycles. The molecule has 0 radical (unpaired) electrons. The number of carbonyl (C=O) groups is 1. The number of benzene rings is 1. The summed E-state index contributed by atoms with van der Waals surface area (Å²) in [5, 5.41) is -1.21. The van der Waals surface area contributed by atoms with Gasteiger partial charge in [0.25, 0.3) is 10.8 Å². The van der Waals surface area contributed by atoms with Gasteiger partial charge in [0.15, 0.2) is 6.10 Å². The van der Waals surface area contributed by atoms with Crippen LogP contribution >= 0.6 is 23.2 Å². The average Bonchev–Trinajstić information content (AvgIpc) is 2.53. The number of nitrogens with zero attached hydrogens (tertiary/aromatic N) is 2. The Hall–Kier alpha value is -2.33. The highest BCUT2D eigenvalue weighted by Gasteiger charge is 2.35. The van der Waals surface area contributed by atoms with E-state index in [1.54, 1.807) is 0 Å². The first-order valence-electron chi connectivity index (χ1n) is 7.10. The van der Waals surface area contributed by atoms with Gasteiger partial charge in [0.1, 0.15) is 17.3 Å². The summed E-state index contributed by atoms with van der Waals surface area (Å²) in [6.07, 6.45) is -6.16. The van der Waals surface area contributed by atoms with E-state index in [4.69, 9.17) is 27.9 Å². The molecule has 1 atom stereocenters. The molecule has 12 heteroatoms. The van der Waals surface area contributed by atoms with Gasteiger partial charge in [-0.1, -0.05) is 11.6 Å². The van der Waals surface area contributed by atoms with Crippen LogP contribution in [0.3, 0.4) is 0 Å². The van der Waals surface area contributed by atoms with Crippen molar-refractivity contribution in [2.45, 2.75) is 19.2 Å². The second kappa shape index (κ2) is 7.35. The van der Waals surface area contributed by atoms with Crippen LogP contribution in [0.5, 0.6) is 5.75 Å². The summed E-state index contributed by atoms with van der Waals surface area (Å²) < 4.78 is 58.4. The summed E-state index contributed by atoms with van der Waals surface area (Å²) in [4.78, 5) is 35.4. The van der Waals surface area contributed by atoms with Crippen LogP contribution in [0.25, 0.3) is 5.69 Å². The molecule has 2 rings (SSSR count). The summed E-state index contributed by atoms with van der Waals surface area (Å²) in [7, 11) is 0.778. The number of rotatable bonds is 4. The Morgan fingerprint density at radius 1 is 1.22 bits per heavy atom. The van der Waals surface area contributed by atoms with Crippen molar-refractivity contribution in [3.63, 3.8) is 0 Å². The molecule has 1 aromatic heterocycles. The maximum absolute atomic E-state index is 14.3. The first-order chi connectivity index (χ1) is 12.3. The number of ether oxygens (including phenoxy) is 1. The molecule has 0 N–H and O–H groups in total. The largest absolute Gasteiger partial charge is 0.480 e. The standard InChI is InChI=1S/C15H10Cl2F4N2O4/c1-6(13(17)25)27-10-4-9(8(18)3-7(10)16)23-12(24)5-11(15(19,20)21)22(2)14(23)26/h3-6H,1-2H3/t6-/m1/s1. The zero-order valence-corrected chi connectivity index (χ0v) is 15.1. The third-order valence-electron chi connectivity index (χ3n) is 3.48. The Kier molecular flexibility index (Phi) is 5.71. The van der Waals surface area contributed by atoms with Crippen LogP contribution in [0.4, 0.5) is 17.6 Å². The molecule has 0 fully saturated rings. The van der Waals surface area contributed by atoms with E-state index in [0.29, 0.717) is 6.07 Å². The first-order valence-corrected chi connectivity index (χ1v) is 7.86. The monoisotopic (exact) mass is 428 g/mol. The molecule has 0 saturated carbocycles. The zero-order valence-electron chi connectivity index (χ0n) is 13.6. The molecule has 0 spiro atoms. The van der Waals surface area contributed by atoms with Crippen LogP contribution in [-0.4, -0.2) is 20.5 Å². The second-order valence-electron chi connectivity index (χ2n) is 5.34. The SMILES string of the molecule is C[C@@H](Oc1cc(-n2c(=O)cc(C(F)(F)F)n(C)c2=O)c(F)cc1Cl)C(=O)Cl. The maximum atomic E-state index is 14.3. The number of hydrogen-bond acceptors (Lipinski definition) is 4. The highest BCUT2D eigenvalue weighted by atomic mass is 35.5. The Morgan fingerprint density at radius 3 is 2.33 bits per heavy atom. The summed E-state index contributed by atoms with van der Waals surface area (Å²) >= 11 is 11.0. The smallest absolute Gasteiger partial charge is 0.431 e. The summed E-state index contributed by atoms with van der Waals surface area (Å²) in [6.45, 7) is 1.26. The topological polar surface area (TPSA) is 70.3 Å². The number of carbonyl (C=O) groups excluding carboxylic acids is 1. The van der Waals surface area contributed by atoms with Crippen molar-refractivity contribution in [2.24, 2.45) is 7.05 Å². The number of hydrogen-bond donors (Lipinski definition) is 0. The summed E-state index contributed by atoms with van der Waals surface area (Å²) in [5.41, 5.74) is -5.06. The molecule has 1 heterocycles. The lowest BCUT2D eigenvalue weighted by Gasteiger charge is -2.16. The van der Waals surface area contributed by atoms with Crippen molar-refractivity contribution >= 4 is 28.4 Å². The van der Waals surface area contributed by atoms with E-state index in [1.807, 2.05) is 0 Å². The van der Waals surface area contributed by atoms with Crippen molar-refractivity contribution in [1.29, 1.82) is 0 Å². The van der Waals surface area contributed by atoms with Crippen molar-refractivity contribution in [2.75, 3.05) is 0 Å². The minimum atomic E-state index is -4.96. The third-order valence-corrected chi connectivity index (χ3v) is 4.08. The van der Waals surface area contributed by atoms with Gasteiger partial charge >= 0.3 is 11.9 Å². The lowest BCUT2D eigenvalue weighted by Crippen LogP contribution is -2.41. The first kappa shape index (κ1) is 21.0. The van der Waals surface area contributed by atoms with E-state index in [2.05, 4.69) is 0 Å². The van der Waals surface area contributed by atoms with Crippen LogP contribution in [-0.2, 0) is 18.0 Å². The van der Waals surface area contributed by atoms with E-state index in [1.165, 1.54) is 6.92 Å². The van der Waals surface area contributed by atoms with Crippen LogP contribution in [0.1, 0.15) is 12.6 Å². The van der Waals surface area contributed by atoms with Crippen molar-refractivity contribution in [1.82, 2.24) is 9.13 Å². The lowest BCUT2D eigenvalue weighted by atomic mass is 10.2. The molecule has 6 nitrogen and oxygen atoms in total. The fourth-order valence-electron chi connectivity index (χ4n) is 2.14. The predicted octanol–water partition coefficient (Wildman–Crippen LogP) is 2.88. The number of halogens is 6. The highest BCUT2D eigenvalue weighted by Crippen LogP contribution is 2.31. The fraction of sp³-hybridized carbons (Fsp3) is 0.267.